The zero-order valence-electron chi connectivity index (χ0n) is 15.1. The number of aromatic hydroxyl groups is 1. The molecule has 0 atom stereocenters. The second-order valence-electron chi connectivity index (χ2n) is 6.40. The normalized spacial score (nSPS) is 10.7. The molecule has 0 unspecified atom stereocenters. The Hall–Kier alpha value is -2.53. The molecule has 5 nitrogen and oxygen atoms in total. The van der Waals surface area contributed by atoms with Gasteiger partial charge in [-0.1, -0.05) is 48.0 Å². The molecule has 0 aliphatic carbocycles. The number of rotatable bonds is 7. The number of phenolic OH excluding ortho intramolecular Hbond substituents is 1. The zero-order chi connectivity index (χ0) is 18.2. The molecule has 0 radical (unpaired) electrons. The minimum absolute atomic E-state index is 0.191. The van der Waals surface area contributed by atoms with Gasteiger partial charge in [0.2, 0.25) is 0 Å². The van der Waals surface area contributed by atoms with E-state index in [9.17, 15) is 9.90 Å². The maximum atomic E-state index is 12.5. The van der Waals surface area contributed by atoms with Crippen molar-refractivity contribution in [3.63, 3.8) is 0 Å². The summed E-state index contributed by atoms with van der Waals surface area (Å²) >= 11 is 0. The van der Waals surface area contributed by atoms with Gasteiger partial charge in [0.1, 0.15) is 12.4 Å². The lowest BCUT2D eigenvalue weighted by Crippen LogP contribution is -2.36. The molecular formula is C20H26N2O3. The Bertz CT molecular complexity index is 687. The highest BCUT2D eigenvalue weighted by Gasteiger charge is 2.17. The molecule has 2 aromatic carbocycles. The van der Waals surface area contributed by atoms with E-state index in [1.165, 1.54) is 0 Å². The highest BCUT2D eigenvalue weighted by Crippen LogP contribution is 2.20. The first-order valence-corrected chi connectivity index (χ1v) is 8.34. The maximum absolute atomic E-state index is 12.5. The molecule has 0 heterocycles. The van der Waals surface area contributed by atoms with Gasteiger partial charge in [0.25, 0.3) is 0 Å². The number of nitrogens with zero attached hydrogens (tertiary/aromatic N) is 2. The topological polar surface area (TPSA) is 53.0 Å². The lowest BCUT2D eigenvalue weighted by atomic mass is 10.1. The van der Waals surface area contributed by atoms with Crippen LogP contribution in [0.1, 0.15) is 16.7 Å². The van der Waals surface area contributed by atoms with Gasteiger partial charge in [0, 0.05) is 18.7 Å². The number of benzene rings is 2. The molecule has 0 aromatic heterocycles. The van der Waals surface area contributed by atoms with Gasteiger partial charge < -0.3 is 19.6 Å². The molecule has 0 spiro atoms. The molecule has 1 amide bonds. The van der Waals surface area contributed by atoms with E-state index in [0.29, 0.717) is 19.6 Å². The Morgan fingerprint density at radius 2 is 1.80 bits per heavy atom. The van der Waals surface area contributed by atoms with Crippen molar-refractivity contribution < 1.29 is 14.6 Å². The van der Waals surface area contributed by atoms with E-state index in [0.717, 1.165) is 16.7 Å². The fraction of sp³-hybridized carbons (Fsp3) is 0.350. The first kappa shape index (κ1) is 18.8. The van der Waals surface area contributed by atoms with Crippen molar-refractivity contribution in [2.45, 2.75) is 20.1 Å². The number of aryl methyl sites for hydroxylation is 1. The summed E-state index contributed by atoms with van der Waals surface area (Å²) in [4.78, 5) is 16.2. The summed E-state index contributed by atoms with van der Waals surface area (Å²) in [5, 5.41) is 10.1. The summed E-state index contributed by atoms with van der Waals surface area (Å²) < 4.78 is 5.45. The standard InChI is InChI=1S/C20H26N2O3/c1-16-9-10-19(23)18(13-16)14-22(12-11-21(2)3)20(24)25-15-17-7-5-4-6-8-17/h4-10,13,23H,11-12,14-15H2,1-3H3. The molecule has 1 N–H and O–H groups in total. The van der Waals surface area contributed by atoms with Gasteiger partial charge in [0.05, 0.1) is 6.54 Å². The van der Waals surface area contributed by atoms with Crippen LogP contribution in [-0.2, 0) is 17.9 Å². The smallest absolute Gasteiger partial charge is 0.410 e. The van der Waals surface area contributed by atoms with E-state index in [4.69, 9.17) is 4.74 Å². The first-order chi connectivity index (χ1) is 12.0. The summed E-state index contributed by atoms with van der Waals surface area (Å²) in [6, 6.07) is 15.0. The number of phenols is 1. The van der Waals surface area contributed by atoms with Crippen LogP contribution in [-0.4, -0.2) is 48.2 Å². The van der Waals surface area contributed by atoms with Crippen LogP contribution in [0.4, 0.5) is 4.79 Å². The minimum atomic E-state index is -0.383. The highest BCUT2D eigenvalue weighted by atomic mass is 16.6. The Kier molecular flexibility index (Phi) is 6.83. The van der Waals surface area contributed by atoms with Crippen LogP contribution in [0.3, 0.4) is 0 Å². The third kappa shape index (κ3) is 6.12. The second-order valence-corrected chi connectivity index (χ2v) is 6.40. The van der Waals surface area contributed by atoms with Crippen molar-refractivity contribution in [2.24, 2.45) is 0 Å². The number of ether oxygens (including phenoxy) is 1. The first-order valence-electron chi connectivity index (χ1n) is 8.34. The van der Waals surface area contributed by atoms with Crippen LogP contribution in [0.5, 0.6) is 5.75 Å². The summed E-state index contributed by atoms with van der Waals surface area (Å²) in [5.41, 5.74) is 2.70. The summed E-state index contributed by atoms with van der Waals surface area (Å²) in [7, 11) is 3.91. The molecule has 0 aliphatic heterocycles. The number of amides is 1. The molecule has 0 aliphatic rings. The lowest BCUT2D eigenvalue weighted by Gasteiger charge is -2.24. The lowest BCUT2D eigenvalue weighted by molar-refractivity contribution is 0.0908. The second kappa shape index (κ2) is 9.08. The predicted octanol–water partition coefficient (Wildman–Crippen LogP) is 3.40. The van der Waals surface area contributed by atoms with Gasteiger partial charge in [-0.15, -0.1) is 0 Å². The van der Waals surface area contributed by atoms with Crippen molar-refractivity contribution in [1.29, 1.82) is 0 Å². The van der Waals surface area contributed by atoms with Gasteiger partial charge in [-0.2, -0.15) is 0 Å². The zero-order valence-corrected chi connectivity index (χ0v) is 15.1. The van der Waals surface area contributed by atoms with Crippen LogP contribution in [0.2, 0.25) is 0 Å². The predicted molar refractivity (Wildman–Crippen MR) is 98.4 cm³/mol. The van der Waals surface area contributed by atoms with Gasteiger partial charge in [-0.25, -0.2) is 4.79 Å². The van der Waals surface area contributed by atoms with Crippen molar-refractivity contribution in [1.82, 2.24) is 9.80 Å². The van der Waals surface area contributed by atoms with E-state index >= 15 is 0 Å². The molecule has 0 saturated heterocycles. The van der Waals surface area contributed by atoms with Crippen molar-refractivity contribution in [2.75, 3.05) is 27.2 Å². The van der Waals surface area contributed by atoms with E-state index in [2.05, 4.69) is 0 Å². The van der Waals surface area contributed by atoms with Crippen LogP contribution in [0.25, 0.3) is 0 Å². The number of hydrogen-bond donors (Lipinski definition) is 1. The van der Waals surface area contributed by atoms with Gasteiger partial charge in [-0.3, -0.25) is 0 Å². The summed E-state index contributed by atoms with van der Waals surface area (Å²) in [5.74, 6) is 0.191. The van der Waals surface area contributed by atoms with E-state index in [1.54, 1.807) is 11.0 Å². The fourth-order valence-electron chi connectivity index (χ4n) is 2.41. The summed E-state index contributed by atoms with van der Waals surface area (Å²) in [6.45, 7) is 3.74. The molecule has 0 saturated carbocycles. The molecule has 0 bridgehead atoms. The van der Waals surface area contributed by atoms with E-state index < -0.39 is 0 Å². The van der Waals surface area contributed by atoms with Crippen molar-refractivity contribution in [3.8, 4) is 5.75 Å². The number of carbonyl (C=O) groups excluding carboxylic acids is 1. The van der Waals surface area contributed by atoms with E-state index in [-0.39, 0.29) is 18.4 Å². The number of likely N-dealkylation sites (N-methyl/N-ethyl adjacent to an activating group) is 1. The molecule has 2 aromatic rings. The minimum Gasteiger partial charge on any atom is -0.508 e. The molecule has 25 heavy (non-hydrogen) atoms. The maximum Gasteiger partial charge on any atom is 0.410 e. The van der Waals surface area contributed by atoms with Crippen LogP contribution < -0.4 is 0 Å². The third-order valence-electron chi connectivity index (χ3n) is 3.88. The van der Waals surface area contributed by atoms with Gasteiger partial charge in [0.15, 0.2) is 0 Å². The molecule has 0 fully saturated rings. The number of hydrogen-bond acceptors (Lipinski definition) is 4. The van der Waals surface area contributed by atoms with E-state index in [1.807, 2.05) is 68.4 Å². The fourth-order valence-corrected chi connectivity index (χ4v) is 2.41. The Labute approximate surface area is 149 Å². The number of carbonyl (C=O) groups is 1. The van der Waals surface area contributed by atoms with Crippen molar-refractivity contribution >= 4 is 6.09 Å². The molecular weight excluding hydrogens is 316 g/mol. The Morgan fingerprint density at radius 3 is 2.48 bits per heavy atom. The average Bonchev–Trinajstić information content (AvgIpc) is 2.60. The Morgan fingerprint density at radius 1 is 1.08 bits per heavy atom. The van der Waals surface area contributed by atoms with Gasteiger partial charge in [-0.05, 0) is 32.6 Å². The van der Waals surface area contributed by atoms with Gasteiger partial charge >= 0.3 is 6.09 Å². The summed E-state index contributed by atoms with van der Waals surface area (Å²) in [6.07, 6.45) is -0.383. The average molecular weight is 342 g/mol. The molecule has 134 valence electrons. The third-order valence-corrected chi connectivity index (χ3v) is 3.88. The highest BCUT2D eigenvalue weighted by molar-refractivity contribution is 5.68. The molecule has 2 rings (SSSR count). The Balaban J connectivity index is 2.05. The SMILES string of the molecule is Cc1ccc(O)c(CN(CCN(C)C)C(=O)OCc2ccccc2)c1. The monoisotopic (exact) mass is 342 g/mol. The molecule has 5 heteroatoms. The van der Waals surface area contributed by atoms with Crippen LogP contribution in [0, 0.1) is 6.92 Å². The van der Waals surface area contributed by atoms with Crippen LogP contribution in [0.15, 0.2) is 48.5 Å². The quantitative estimate of drug-likeness (QED) is 0.838. The van der Waals surface area contributed by atoms with Crippen molar-refractivity contribution in [3.05, 3.63) is 65.2 Å². The largest absolute Gasteiger partial charge is 0.508 e. The van der Waals surface area contributed by atoms with Crippen LogP contribution >= 0.6 is 0 Å².